The first-order valence-corrected chi connectivity index (χ1v) is 6.57. The highest BCUT2D eigenvalue weighted by molar-refractivity contribution is 5.68. The normalized spacial score (nSPS) is 25.8. The second kappa shape index (κ2) is 5.71. The first-order valence-electron chi connectivity index (χ1n) is 6.57. The average molecular weight is 242 g/mol. The molecule has 1 rings (SSSR count). The molecule has 1 amide bonds. The molecule has 1 fully saturated rings. The molecule has 2 atom stereocenters. The predicted octanol–water partition coefficient (Wildman–Crippen LogP) is 2.37. The number of hydrogen-bond donors (Lipinski definition) is 1. The van der Waals surface area contributed by atoms with Gasteiger partial charge in [-0.3, -0.25) is 0 Å². The lowest BCUT2D eigenvalue weighted by molar-refractivity contribution is 0.0143. The van der Waals surface area contributed by atoms with Crippen molar-refractivity contribution < 1.29 is 9.53 Å². The van der Waals surface area contributed by atoms with Gasteiger partial charge in [-0.1, -0.05) is 13.3 Å². The van der Waals surface area contributed by atoms with E-state index in [0.29, 0.717) is 5.92 Å². The number of rotatable bonds is 2. The second-order valence-electron chi connectivity index (χ2n) is 5.93. The zero-order chi connectivity index (χ0) is 13.1. The van der Waals surface area contributed by atoms with Gasteiger partial charge in [-0.25, -0.2) is 4.79 Å². The summed E-state index contributed by atoms with van der Waals surface area (Å²) in [6, 6.07) is 0.230. The number of carbonyl (C=O) groups excluding carboxylic acids is 1. The van der Waals surface area contributed by atoms with E-state index in [-0.39, 0.29) is 12.1 Å². The van der Waals surface area contributed by atoms with Crippen molar-refractivity contribution in [1.29, 1.82) is 0 Å². The third-order valence-corrected chi connectivity index (χ3v) is 3.10. The van der Waals surface area contributed by atoms with Crippen LogP contribution in [0.4, 0.5) is 4.79 Å². The Morgan fingerprint density at radius 2 is 2.12 bits per heavy atom. The summed E-state index contributed by atoms with van der Waals surface area (Å²) in [5.41, 5.74) is 5.66. The zero-order valence-electron chi connectivity index (χ0n) is 11.5. The zero-order valence-corrected chi connectivity index (χ0v) is 11.5. The molecule has 2 unspecified atom stereocenters. The SMILES string of the molecule is CCCC1CN(C(=O)OC(C)(C)C)CCC1N. The molecule has 0 spiro atoms. The molecule has 1 aliphatic heterocycles. The van der Waals surface area contributed by atoms with Gasteiger partial charge < -0.3 is 15.4 Å². The Morgan fingerprint density at radius 1 is 1.47 bits per heavy atom. The summed E-state index contributed by atoms with van der Waals surface area (Å²) in [5.74, 6) is 0.418. The average Bonchev–Trinajstić information content (AvgIpc) is 2.19. The highest BCUT2D eigenvalue weighted by Crippen LogP contribution is 2.22. The number of hydrogen-bond acceptors (Lipinski definition) is 3. The molecule has 0 aromatic rings. The van der Waals surface area contributed by atoms with Crippen molar-refractivity contribution in [3.63, 3.8) is 0 Å². The Morgan fingerprint density at radius 3 is 2.65 bits per heavy atom. The van der Waals surface area contributed by atoms with Crippen LogP contribution in [0, 0.1) is 5.92 Å². The van der Waals surface area contributed by atoms with E-state index in [1.165, 1.54) is 0 Å². The summed E-state index contributed by atoms with van der Waals surface area (Å²) in [4.78, 5) is 13.7. The Balaban J connectivity index is 2.52. The molecule has 0 radical (unpaired) electrons. The number of amides is 1. The monoisotopic (exact) mass is 242 g/mol. The smallest absolute Gasteiger partial charge is 0.410 e. The van der Waals surface area contributed by atoms with Gasteiger partial charge in [0, 0.05) is 19.1 Å². The van der Waals surface area contributed by atoms with Crippen molar-refractivity contribution in [3.8, 4) is 0 Å². The van der Waals surface area contributed by atoms with E-state index in [0.717, 1.165) is 32.4 Å². The summed E-state index contributed by atoms with van der Waals surface area (Å²) < 4.78 is 5.39. The Labute approximate surface area is 104 Å². The van der Waals surface area contributed by atoms with Gasteiger partial charge in [0.05, 0.1) is 0 Å². The molecular weight excluding hydrogens is 216 g/mol. The van der Waals surface area contributed by atoms with Crippen LogP contribution in [0.3, 0.4) is 0 Å². The van der Waals surface area contributed by atoms with Gasteiger partial charge >= 0.3 is 6.09 Å². The van der Waals surface area contributed by atoms with E-state index in [2.05, 4.69) is 6.92 Å². The number of nitrogens with zero attached hydrogens (tertiary/aromatic N) is 1. The molecule has 4 heteroatoms. The molecule has 2 N–H and O–H groups in total. The number of ether oxygens (including phenoxy) is 1. The van der Waals surface area contributed by atoms with E-state index in [1.54, 1.807) is 4.90 Å². The van der Waals surface area contributed by atoms with Crippen molar-refractivity contribution in [3.05, 3.63) is 0 Å². The Bertz CT molecular complexity index is 261. The minimum absolute atomic E-state index is 0.203. The molecule has 1 aliphatic rings. The summed E-state index contributed by atoms with van der Waals surface area (Å²) >= 11 is 0. The molecule has 4 nitrogen and oxygen atoms in total. The minimum atomic E-state index is -0.420. The fourth-order valence-corrected chi connectivity index (χ4v) is 2.22. The highest BCUT2D eigenvalue weighted by Gasteiger charge is 2.31. The maximum Gasteiger partial charge on any atom is 0.410 e. The molecule has 0 aliphatic carbocycles. The molecular formula is C13H26N2O2. The summed E-state index contributed by atoms with van der Waals surface area (Å²) in [6.07, 6.45) is 2.87. The third-order valence-electron chi connectivity index (χ3n) is 3.10. The molecule has 100 valence electrons. The lowest BCUT2D eigenvalue weighted by Gasteiger charge is -2.37. The predicted molar refractivity (Wildman–Crippen MR) is 68.8 cm³/mol. The molecule has 0 aromatic carbocycles. The van der Waals surface area contributed by atoms with Crippen LogP contribution in [0.1, 0.15) is 47.0 Å². The number of carbonyl (C=O) groups is 1. The summed E-state index contributed by atoms with van der Waals surface area (Å²) in [5, 5.41) is 0. The van der Waals surface area contributed by atoms with Gasteiger partial charge in [0.25, 0.3) is 0 Å². The molecule has 1 saturated heterocycles. The fourth-order valence-electron chi connectivity index (χ4n) is 2.22. The second-order valence-corrected chi connectivity index (χ2v) is 5.93. The van der Waals surface area contributed by atoms with Crippen LogP contribution in [0.5, 0.6) is 0 Å². The van der Waals surface area contributed by atoms with Crippen LogP contribution in [0.15, 0.2) is 0 Å². The van der Waals surface area contributed by atoms with Gasteiger partial charge in [-0.05, 0) is 39.5 Å². The van der Waals surface area contributed by atoms with Crippen molar-refractivity contribution in [2.45, 2.75) is 58.6 Å². The largest absolute Gasteiger partial charge is 0.444 e. The summed E-state index contributed by atoms with van der Waals surface area (Å²) in [7, 11) is 0. The molecule has 0 bridgehead atoms. The van der Waals surface area contributed by atoms with Crippen molar-refractivity contribution in [1.82, 2.24) is 4.90 Å². The lowest BCUT2D eigenvalue weighted by atomic mass is 9.89. The van der Waals surface area contributed by atoms with Crippen LogP contribution in [-0.4, -0.2) is 35.7 Å². The van der Waals surface area contributed by atoms with E-state index >= 15 is 0 Å². The van der Waals surface area contributed by atoms with Gasteiger partial charge in [0.2, 0.25) is 0 Å². The Kier molecular flexibility index (Phi) is 4.80. The van der Waals surface area contributed by atoms with Crippen LogP contribution in [0.2, 0.25) is 0 Å². The van der Waals surface area contributed by atoms with E-state index < -0.39 is 5.60 Å². The van der Waals surface area contributed by atoms with Gasteiger partial charge in [0.15, 0.2) is 0 Å². The standard InChI is InChI=1S/C13H26N2O2/c1-5-6-10-9-15(8-7-11(10)14)12(16)17-13(2,3)4/h10-11H,5-9,14H2,1-4H3. The van der Waals surface area contributed by atoms with Crippen LogP contribution in [0.25, 0.3) is 0 Å². The van der Waals surface area contributed by atoms with Gasteiger partial charge in [-0.15, -0.1) is 0 Å². The minimum Gasteiger partial charge on any atom is -0.444 e. The first kappa shape index (κ1) is 14.3. The Hall–Kier alpha value is -0.770. The third kappa shape index (κ3) is 4.54. The van der Waals surface area contributed by atoms with Gasteiger partial charge in [0.1, 0.15) is 5.60 Å². The highest BCUT2D eigenvalue weighted by atomic mass is 16.6. The molecule has 17 heavy (non-hydrogen) atoms. The quantitative estimate of drug-likeness (QED) is 0.808. The topological polar surface area (TPSA) is 55.6 Å². The lowest BCUT2D eigenvalue weighted by Crippen LogP contribution is -2.50. The number of piperidine rings is 1. The number of nitrogens with two attached hydrogens (primary N) is 1. The van der Waals surface area contributed by atoms with E-state index in [9.17, 15) is 4.79 Å². The van der Waals surface area contributed by atoms with Crippen LogP contribution in [-0.2, 0) is 4.74 Å². The van der Waals surface area contributed by atoms with E-state index in [4.69, 9.17) is 10.5 Å². The maximum absolute atomic E-state index is 11.9. The van der Waals surface area contributed by atoms with E-state index in [1.807, 2.05) is 20.8 Å². The first-order chi connectivity index (χ1) is 7.83. The van der Waals surface area contributed by atoms with Crippen LogP contribution >= 0.6 is 0 Å². The molecule has 1 heterocycles. The number of likely N-dealkylation sites (tertiary alicyclic amines) is 1. The molecule has 0 saturated carbocycles. The van der Waals surface area contributed by atoms with Crippen molar-refractivity contribution in [2.75, 3.05) is 13.1 Å². The molecule has 0 aromatic heterocycles. The van der Waals surface area contributed by atoms with Crippen LogP contribution < -0.4 is 5.73 Å². The van der Waals surface area contributed by atoms with Crippen molar-refractivity contribution >= 4 is 6.09 Å². The van der Waals surface area contributed by atoms with Crippen molar-refractivity contribution in [2.24, 2.45) is 11.7 Å². The summed E-state index contributed by atoms with van der Waals surface area (Å²) in [6.45, 7) is 9.29. The fraction of sp³-hybridized carbons (Fsp3) is 0.923. The maximum atomic E-state index is 11.9. The van der Waals surface area contributed by atoms with Gasteiger partial charge in [-0.2, -0.15) is 0 Å².